The number of hydrogen-bond donors (Lipinski definition) is 1. The number of nitrogens with one attached hydrogen (secondary N) is 1. The zero-order valence-electron chi connectivity index (χ0n) is 10.1. The van der Waals surface area contributed by atoms with Gasteiger partial charge < -0.3 is 5.32 Å². The van der Waals surface area contributed by atoms with E-state index in [-0.39, 0.29) is 0 Å². The Morgan fingerprint density at radius 2 is 1.68 bits per heavy atom. The van der Waals surface area contributed by atoms with Gasteiger partial charge in [0, 0.05) is 27.3 Å². The Labute approximate surface area is 125 Å². The van der Waals surface area contributed by atoms with Crippen LogP contribution in [0.5, 0.6) is 0 Å². The van der Waals surface area contributed by atoms with Crippen molar-refractivity contribution in [1.29, 1.82) is 0 Å². The molecule has 1 heterocycles. The molecule has 0 radical (unpaired) electrons. The van der Waals surface area contributed by atoms with Crippen molar-refractivity contribution in [2.75, 3.05) is 5.32 Å². The van der Waals surface area contributed by atoms with E-state index < -0.39 is 0 Å². The van der Waals surface area contributed by atoms with E-state index >= 15 is 0 Å². The maximum absolute atomic E-state index is 4.36. The van der Waals surface area contributed by atoms with Crippen LogP contribution >= 0.6 is 22.6 Å². The molecular formula is C15H12IN3. The predicted octanol–water partition coefficient (Wildman–Crippen LogP) is 4.22. The number of anilines is 2. The van der Waals surface area contributed by atoms with E-state index in [1.54, 1.807) is 6.20 Å². The minimum absolute atomic E-state index is 0.812. The quantitative estimate of drug-likeness (QED) is 0.708. The highest BCUT2D eigenvalue weighted by atomic mass is 127. The largest absolute Gasteiger partial charge is 0.325 e. The molecule has 1 N–H and O–H groups in total. The maximum atomic E-state index is 4.36. The molecule has 3 nitrogen and oxygen atoms in total. The minimum atomic E-state index is 0.812. The molecule has 0 saturated heterocycles. The fourth-order valence-electron chi connectivity index (χ4n) is 1.86. The first kappa shape index (κ1) is 12.2. The monoisotopic (exact) mass is 361 g/mol. The van der Waals surface area contributed by atoms with Crippen LogP contribution in [0.15, 0.2) is 67.0 Å². The van der Waals surface area contributed by atoms with Gasteiger partial charge in [-0.1, -0.05) is 18.2 Å². The number of rotatable bonds is 3. The third-order valence-corrected chi connectivity index (χ3v) is 3.49. The molecule has 0 fully saturated rings. The SMILES string of the molecule is Ic1ccc(-n2ccnc2Nc2ccccc2)cc1. The van der Waals surface area contributed by atoms with Crippen LogP contribution in [0.25, 0.3) is 5.69 Å². The average Bonchev–Trinajstić information content (AvgIpc) is 2.89. The Morgan fingerprint density at radius 1 is 0.947 bits per heavy atom. The molecule has 0 atom stereocenters. The van der Waals surface area contributed by atoms with E-state index in [2.05, 4.69) is 57.2 Å². The van der Waals surface area contributed by atoms with Crippen LogP contribution in [-0.4, -0.2) is 9.55 Å². The van der Waals surface area contributed by atoms with Crippen LogP contribution in [0.3, 0.4) is 0 Å². The molecule has 3 rings (SSSR count). The van der Waals surface area contributed by atoms with Gasteiger partial charge in [0.25, 0.3) is 0 Å². The second-order valence-corrected chi connectivity index (χ2v) is 5.33. The number of imidazole rings is 1. The van der Waals surface area contributed by atoms with Gasteiger partial charge in [0.15, 0.2) is 0 Å². The van der Waals surface area contributed by atoms with Gasteiger partial charge in [0.2, 0.25) is 5.95 Å². The van der Waals surface area contributed by atoms with E-state index in [9.17, 15) is 0 Å². The van der Waals surface area contributed by atoms with Crippen LogP contribution < -0.4 is 5.32 Å². The van der Waals surface area contributed by atoms with Gasteiger partial charge in [0.05, 0.1) is 0 Å². The average molecular weight is 361 g/mol. The molecular weight excluding hydrogens is 349 g/mol. The van der Waals surface area contributed by atoms with Gasteiger partial charge >= 0.3 is 0 Å². The second-order valence-electron chi connectivity index (χ2n) is 4.09. The van der Waals surface area contributed by atoms with E-state index in [0.717, 1.165) is 17.3 Å². The van der Waals surface area contributed by atoms with Gasteiger partial charge in [-0.25, -0.2) is 4.98 Å². The predicted molar refractivity (Wildman–Crippen MR) is 86.0 cm³/mol. The number of benzene rings is 2. The van der Waals surface area contributed by atoms with Crippen molar-refractivity contribution in [2.24, 2.45) is 0 Å². The molecule has 94 valence electrons. The topological polar surface area (TPSA) is 29.9 Å². The first-order chi connectivity index (χ1) is 9.33. The molecule has 0 bridgehead atoms. The normalized spacial score (nSPS) is 10.4. The molecule has 0 unspecified atom stereocenters. The molecule has 3 aromatic rings. The summed E-state index contributed by atoms with van der Waals surface area (Å²) in [7, 11) is 0. The molecule has 1 aromatic heterocycles. The van der Waals surface area contributed by atoms with Crippen molar-refractivity contribution in [2.45, 2.75) is 0 Å². The first-order valence-corrected chi connectivity index (χ1v) is 7.02. The maximum Gasteiger partial charge on any atom is 0.211 e. The van der Waals surface area contributed by atoms with Gasteiger partial charge in [0.1, 0.15) is 0 Å². The molecule has 0 spiro atoms. The highest BCUT2D eigenvalue weighted by molar-refractivity contribution is 14.1. The molecule has 0 aliphatic carbocycles. The Kier molecular flexibility index (Phi) is 3.50. The van der Waals surface area contributed by atoms with Crippen molar-refractivity contribution in [3.63, 3.8) is 0 Å². The lowest BCUT2D eigenvalue weighted by atomic mass is 10.3. The molecule has 0 saturated carbocycles. The Hall–Kier alpha value is -1.82. The van der Waals surface area contributed by atoms with Crippen LogP contribution in [0.4, 0.5) is 11.6 Å². The highest BCUT2D eigenvalue weighted by Gasteiger charge is 2.04. The van der Waals surface area contributed by atoms with Crippen LogP contribution in [0, 0.1) is 3.57 Å². The molecule has 19 heavy (non-hydrogen) atoms. The number of nitrogens with zero attached hydrogens (tertiary/aromatic N) is 2. The van der Waals surface area contributed by atoms with Gasteiger partial charge in [-0.05, 0) is 59.0 Å². The molecule has 4 heteroatoms. The Morgan fingerprint density at radius 3 is 2.42 bits per heavy atom. The summed E-state index contributed by atoms with van der Waals surface area (Å²) in [4.78, 5) is 4.36. The van der Waals surface area contributed by atoms with Crippen LogP contribution in [-0.2, 0) is 0 Å². The number of para-hydroxylation sites is 1. The third kappa shape index (κ3) is 2.78. The first-order valence-electron chi connectivity index (χ1n) is 5.94. The smallest absolute Gasteiger partial charge is 0.211 e. The summed E-state index contributed by atoms with van der Waals surface area (Å²) in [6.45, 7) is 0. The van der Waals surface area contributed by atoms with Crippen molar-refractivity contribution in [1.82, 2.24) is 9.55 Å². The van der Waals surface area contributed by atoms with Crippen molar-refractivity contribution in [3.8, 4) is 5.69 Å². The standard InChI is InChI=1S/C15H12IN3/c16-12-6-8-14(9-7-12)19-11-10-17-15(19)18-13-4-2-1-3-5-13/h1-11H,(H,17,18). The van der Waals surface area contributed by atoms with E-state index in [4.69, 9.17) is 0 Å². The van der Waals surface area contributed by atoms with Crippen LogP contribution in [0.1, 0.15) is 0 Å². The number of aromatic nitrogens is 2. The lowest BCUT2D eigenvalue weighted by Gasteiger charge is -2.09. The van der Waals surface area contributed by atoms with E-state index in [1.807, 2.05) is 41.1 Å². The minimum Gasteiger partial charge on any atom is -0.325 e. The summed E-state index contributed by atoms with van der Waals surface area (Å²) in [5.41, 5.74) is 2.12. The molecule has 0 aliphatic rings. The zero-order valence-corrected chi connectivity index (χ0v) is 12.3. The van der Waals surface area contributed by atoms with Gasteiger partial charge in [-0.2, -0.15) is 0 Å². The zero-order chi connectivity index (χ0) is 13.1. The van der Waals surface area contributed by atoms with Crippen molar-refractivity contribution >= 4 is 34.2 Å². The van der Waals surface area contributed by atoms with Gasteiger partial charge in [-0.3, -0.25) is 4.57 Å². The molecule has 0 amide bonds. The Bertz CT molecular complexity index is 659. The number of hydrogen-bond acceptors (Lipinski definition) is 2. The summed E-state index contributed by atoms with van der Waals surface area (Å²) >= 11 is 2.30. The summed E-state index contributed by atoms with van der Waals surface area (Å²) < 4.78 is 3.25. The number of halogens is 1. The lowest BCUT2D eigenvalue weighted by Crippen LogP contribution is -2.00. The van der Waals surface area contributed by atoms with Gasteiger partial charge in [-0.15, -0.1) is 0 Å². The van der Waals surface area contributed by atoms with Crippen molar-refractivity contribution in [3.05, 3.63) is 70.6 Å². The van der Waals surface area contributed by atoms with Crippen LogP contribution in [0.2, 0.25) is 0 Å². The Balaban J connectivity index is 1.92. The van der Waals surface area contributed by atoms with E-state index in [1.165, 1.54) is 3.57 Å². The molecule has 2 aromatic carbocycles. The van der Waals surface area contributed by atoms with E-state index in [0.29, 0.717) is 0 Å². The second kappa shape index (κ2) is 5.44. The summed E-state index contributed by atoms with van der Waals surface area (Å²) in [5.74, 6) is 0.812. The van der Waals surface area contributed by atoms with Crippen molar-refractivity contribution < 1.29 is 0 Å². The molecule has 0 aliphatic heterocycles. The summed E-state index contributed by atoms with van der Waals surface area (Å²) in [6.07, 6.45) is 3.75. The summed E-state index contributed by atoms with van der Waals surface area (Å²) in [5, 5.41) is 3.32. The summed E-state index contributed by atoms with van der Waals surface area (Å²) in [6, 6.07) is 18.4. The fraction of sp³-hybridized carbons (Fsp3) is 0. The third-order valence-electron chi connectivity index (χ3n) is 2.78. The lowest BCUT2D eigenvalue weighted by molar-refractivity contribution is 1.06. The fourth-order valence-corrected chi connectivity index (χ4v) is 2.22. The highest BCUT2D eigenvalue weighted by Crippen LogP contribution is 2.19.